The molecule has 4 amide bonds. The van der Waals surface area contributed by atoms with Crippen LogP contribution in [0.15, 0.2) is 42.0 Å². The summed E-state index contributed by atoms with van der Waals surface area (Å²) in [6, 6.07) is 8.88. The van der Waals surface area contributed by atoms with Crippen molar-refractivity contribution >= 4 is 41.2 Å². The van der Waals surface area contributed by atoms with Gasteiger partial charge in [-0.1, -0.05) is 17.7 Å². The summed E-state index contributed by atoms with van der Waals surface area (Å²) < 4.78 is 10.5. The number of benzene rings is 2. The molecule has 0 aromatic heterocycles. The second-order valence-corrected chi connectivity index (χ2v) is 6.41. The van der Waals surface area contributed by atoms with Crippen molar-refractivity contribution in [2.75, 3.05) is 19.1 Å². The van der Waals surface area contributed by atoms with Gasteiger partial charge in [-0.2, -0.15) is 0 Å². The molecule has 1 heterocycles. The third-order valence-corrected chi connectivity index (χ3v) is 4.66. The lowest BCUT2D eigenvalue weighted by atomic mass is 10.1. The number of rotatable bonds is 4. The lowest BCUT2D eigenvalue weighted by Gasteiger charge is -2.26. The summed E-state index contributed by atoms with van der Waals surface area (Å²) in [4.78, 5) is 38.4. The van der Waals surface area contributed by atoms with E-state index in [1.54, 1.807) is 37.3 Å². The van der Waals surface area contributed by atoms with Crippen LogP contribution in [0.25, 0.3) is 6.08 Å². The molecule has 0 radical (unpaired) electrons. The van der Waals surface area contributed by atoms with E-state index in [2.05, 4.69) is 5.32 Å². The molecular weight excluding hydrogens is 384 g/mol. The van der Waals surface area contributed by atoms with E-state index in [4.69, 9.17) is 21.1 Å². The predicted molar refractivity (Wildman–Crippen MR) is 105 cm³/mol. The zero-order valence-electron chi connectivity index (χ0n) is 15.4. The molecule has 1 fully saturated rings. The number of hydrogen-bond acceptors (Lipinski definition) is 5. The van der Waals surface area contributed by atoms with Crippen molar-refractivity contribution in [3.05, 3.63) is 58.1 Å². The van der Waals surface area contributed by atoms with Crippen LogP contribution in [0.4, 0.5) is 10.5 Å². The topological polar surface area (TPSA) is 84.9 Å². The molecule has 0 atom stereocenters. The van der Waals surface area contributed by atoms with Crippen LogP contribution in [0.2, 0.25) is 5.02 Å². The second-order valence-electron chi connectivity index (χ2n) is 6.00. The highest BCUT2D eigenvalue weighted by molar-refractivity contribution is 6.39. The molecular formula is C20H17ClN2O5. The third kappa shape index (κ3) is 3.57. The van der Waals surface area contributed by atoms with E-state index in [9.17, 15) is 14.4 Å². The molecule has 144 valence electrons. The Labute approximate surface area is 166 Å². The zero-order valence-corrected chi connectivity index (χ0v) is 16.2. The fourth-order valence-corrected chi connectivity index (χ4v) is 2.90. The standard InChI is InChI=1S/C20H17ClN2O5/c1-11-4-5-13(10-16(11)21)23-19(25)15(18(24)22-20(23)26)9-12-8-14(27-2)6-7-17(12)28-3/h4-10H,1-3H3,(H,22,24,26)/b15-9-. The summed E-state index contributed by atoms with van der Waals surface area (Å²) in [6.45, 7) is 1.80. The molecule has 28 heavy (non-hydrogen) atoms. The quantitative estimate of drug-likeness (QED) is 0.628. The molecule has 1 aliphatic heterocycles. The van der Waals surface area contributed by atoms with E-state index in [-0.39, 0.29) is 11.3 Å². The molecule has 1 N–H and O–H groups in total. The Morgan fingerprint density at radius 2 is 1.79 bits per heavy atom. The molecule has 7 nitrogen and oxygen atoms in total. The largest absolute Gasteiger partial charge is 0.497 e. The van der Waals surface area contributed by atoms with Crippen molar-refractivity contribution in [1.29, 1.82) is 0 Å². The first-order chi connectivity index (χ1) is 13.3. The van der Waals surface area contributed by atoms with E-state index in [1.807, 2.05) is 0 Å². The molecule has 0 aliphatic carbocycles. The van der Waals surface area contributed by atoms with Gasteiger partial charge in [0.1, 0.15) is 17.1 Å². The molecule has 2 aromatic carbocycles. The molecule has 1 saturated heterocycles. The smallest absolute Gasteiger partial charge is 0.335 e. The molecule has 0 saturated carbocycles. The van der Waals surface area contributed by atoms with Gasteiger partial charge in [0.25, 0.3) is 11.8 Å². The monoisotopic (exact) mass is 400 g/mol. The minimum atomic E-state index is -0.843. The maximum Gasteiger partial charge on any atom is 0.335 e. The number of aryl methyl sites for hydroxylation is 1. The fraction of sp³-hybridized carbons (Fsp3) is 0.150. The van der Waals surface area contributed by atoms with Gasteiger partial charge in [0, 0.05) is 10.6 Å². The van der Waals surface area contributed by atoms with Crippen LogP contribution < -0.4 is 19.7 Å². The Hall–Kier alpha value is -3.32. The Kier molecular flexibility index (Phi) is 5.37. The van der Waals surface area contributed by atoms with Crippen molar-refractivity contribution in [1.82, 2.24) is 5.32 Å². The number of carbonyl (C=O) groups is 3. The van der Waals surface area contributed by atoms with Crippen LogP contribution in [-0.4, -0.2) is 32.1 Å². The van der Waals surface area contributed by atoms with Crippen LogP contribution in [0.1, 0.15) is 11.1 Å². The summed E-state index contributed by atoms with van der Waals surface area (Å²) in [5, 5.41) is 2.57. The number of anilines is 1. The lowest BCUT2D eigenvalue weighted by molar-refractivity contribution is -0.122. The highest BCUT2D eigenvalue weighted by Crippen LogP contribution is 2.29. The Morgan fingerprint density at radius 1 is 1.04 bits per heavy atom. The van der Waals surface area contributed by atoms with Gasteiger partial charge >= 0.3 is 6.03 Å². The summed E-state index contributed by atoms with van der Waals surface area (Å²) in [7, 11) is 2.97. The highest BCUT2D eigenvalue weighted by atomic mass is 35.5. The van der Waals surface area contributed by atoms with Gasteiger partial charge in [-0.3, -0.25) is 14.9 Å². The van der Waals surface area contributed by atoms with Gasteiger partial charge in [-0.25, -0.2) is 9.69 Å². The molecule has 0 spiro atoms. The van der Waals surface area contributed by atoms with Crippen LogP contribution in [0.5, 0.6) is 11.5 Å². The Balaban J connectivity index is 2.07. The minimum Gasteiger partial charge on any atom is -0.497 e. The lowest BCUT2D eigenvalue weighted by Crippen LogP contribution is -2.54. The van der Waals surface area contributed by atoms with Gasteiger partial charge in [0.15, 0.2) is 0 Å². The summed E-state index contributed by atoms with van der Waals surface area (Å²) in [6.07, 6.45) is 1.36. The maximum atomic E-state index is 13.0. The molecule has 3 rings (SSSR count). The van der Waals surface area contributed by atoms with E-state index < -0.39 is 17.8 Å². The molecule has 1 aliphatic rings. The molecule has 0 bridgehead atoms. The van der Waals surface area contributed by atoms with E-state index in [1.165, 1.54) is 26.4 Å². The van der Waals surface area contributed by atoms with Crippen molar-refractivity contribution in [2.45, 2.75) is 6.92 Å². The van der Waals surface area contributed by atoms with E-state index in [0.717, 1.165) is 10.5 Å². The first-order valence-electron chi connectivity index (χ1n) is 8.25. The Morgan fingerprint density at radius 3 is 2.43 bits per heavy atom. The predicted octanol–water partition coefficient (Wildman–Crippen LogP) is 3.33. The van der Waals surface area contributed by atoms with Crippen LogP contribution in [0, 0.1) is 6.92 Å². The van der Waals surface area contributed by atoms with Gasteiger partial charge in [0.2, 0.25) is 0 Å². The third-order valence-electron chi connectivity index (χ3n) is 4.25. The number of nitrogens with zero attached hydrogens (tertiary/aromatic N) is 1. The number of methoxy groups -OCH3 is 2. The maximum absolute atomic E-state index is 13.0. The van der Waals surface area contributed by atoms with Gasteiger partial charge in [0.05, 0.1) is 19.9 Å². The molecule has 2 aromatic rings. The Bertz CT molecular complexity index is 1020. The zero-order chi connectivity index (χ0) is 20.4. The van der Waals surface area contributed by atoms with E-state index in [0.29, 0.717) is 22.1 Å². The first kappa shape index (κ1) is 19.4. The first-order valence-corrected chi connectivity index (χ1v) is 8.63. The molecule has 8 heteroatoms. The van der Waals surface area contributed by atoms with Crippen molar-refractivity contribution in [3.63, 3.8) is 0 Å². The fourth-order valence-electron chi connectivity index (χ4n) is 2.72. The number of halogens is 1. The number of urea groups is 1. The number of carbonyl (C=O) groups excluding carboxylic acids is 3. The van der Waals surface area contributed by atoms with E-state index >= 15 is 0 Å². The van der Waals surface area contributed by atoms with Gasteiger partial charge in [-0.05, 0) is 48.9 Å². The summed E-state index contributed by atoms with van der Waals surface area (Å²) in [5.74, 6) is -0.599. The SMILES string of the molecule is COc1ccc(OC)c(/C=C2/C(=O)NC(=O)N(c3ccc(C)c(Cl)c3)C2=O)c1. The second kappa shape index (κ2) is 7.74. The number of hydrogen-bond donors (Lipinski definition) is 1. The van der Waals surface area contributed by atoms with Crippen molar-refractivity contribution in [3.8, 4) is 11.5 Å². The number of nitrogens with one attached hydrogen (secondary N) is 1. The number of barbiturate groups is 1. The minimum absolute atomic E-state index is 0.220. The summed E-state index contributed by atoms with van der Waals surface area (Å²) in [5.41, 5.74) is 1.29. The average Bonchev–Trinajstić information content (AvgIpc) is 2.67. The number of ether oxygens (including phenoxy) is 2. The highest BCUT2D eigenvalue weighted by Gasteiger charge is 2.37. The normalized spacial score (nSPS) is 15.6. The van der Waals surface area contributed by atoms with Crippen LogP contribution >= 0.6 is 11.6 Å². The van der Waals surface area contributed by atoms with Crippen molar-refractivity contribution in [2.24, 2.45) is 0 Å². The van der Waals surface area contributed by atoms with Crippen molar-refractivity contribution < 1.29 is 23.9 Å². The summed E-state index contributed by atoms with van der Waals surface area (Å²) >= 11 is 6.11. The van der Waals surface area contributed by atoms with Crippen LogP contribution in [0.3, 0.4) is 0 Å². The van der Waals surface area contributed by atoms with Gasteiger partial charge in [-0.15, -0.1) is 0 Å². The number of amides is 4. The number of imide groups is 2. The molecule has 0 unspecified atom stereocenters. The van der Waals surface area contributed by atoms with Gasteiger partial charge < -0.3 is 9.47 Å². The average molecular weight is 401 g/mol. The van der Waals surface area contributed by atoms with Crippen LogP contribution in [-0.2, 0) is 9.59 Å².